The minimum atomic E-state index is -0.623. The van der Waals surface area contributed by atoms with Crippen LogP contribution in [0.2, 0.25) is 0 Å². The summed E-state index contributed by atoms with van der Waals surface area (Å²) in [6.45, 7) is 4.22. The van der Waals surface area contributed by atoms with Crippen LogP contribution < -0.4 is 0 Å². The molecule has 1 fully saturated rings. The highest BCUT2D eigenvalue weighted by atomic mass is 19.1. The van der Waals surface area contributed by atoms with Crippen LogP contribution in [-0.4, -0.2) is 24.3 Å². The molecule has 3 nitrogen and oxygen atoms in total. The summed E-state index contributed by atoms with van der Waals surface area (Å²) in [6.07, 6.45) is 1.03. The molecule has 2 aromatic carbocycles. The van der Waals surface area contributed by atoms with E-state index >= 15 is 0 Å². The van der Waals surface area contributed by atoms with Crippen LogP contribution in [0, 0.1) is 5.82 Å². The van der Waals surface area contributed by atoms with Gasteiger partial charge >= 0.3 is 0 Å². The molecule has 2 aliphatic rings. The number of benzene rings is 2. The Morgan fingerprint density at radius 2 is 1.96 bits per heavy atom. The van der Waals surface area contributed by atoms with E-state index < -0.39 is 5.79 Å². The summed E-state index contributed by atoms with van der Waals surface area (Å²) in [4.78, 5) is 13.2. The second-order valence-corrected chi connectivity index (χ2v) is 7.28. The Hall–Kier alpha value is -2.04. The molecule has 1 saturated heterocycles. The molecule has 1 aliphatic heterocycles. The molecule has 0 saturated carbocycles. The largest absolute Gasteiger partial charge is 0.348 e. The van der Waals surface area contributed by atoms with Crippen molar-refractivity contribution in [2.24, 2.45) is 0 Å². The van der Waals surface area contributed by atoms with Gasteiger partial charge in [0.25, 0.3) is 0 Å². The van der Waals surface area contributed by atoms with Gasteiger partial charge in [0, 0.05) is 5.56 Å². The Labute approximate surface area is 146 Å². The van der Waals surface area contributed by atoms with Crippen molar-refractivity contribution in [3.8, 4) is 0 Å². The van der Waals surface area contributed by atoms with Gasteiger partial charge in [0.15, 0.2) is 11.6 Å². The van der Waals surface area contributed by atoms with Crippen molar-refractivity contribution in [2.45, 2.75) is 44.5 Å². The minimum absolute atomic E-state index is 0.0345. The van der Waals surface area contributed by atoms with E-state index in [2.05, 4.69) is 0 Å². The van der Waals surface area contributed by atoms with Gasteiger partial charge in [0.2, 0.25) is 0 Å². The first-order chi connectivity index (χ1) is 11.9. The fourth-order valence-electron chi connectivity index (χ4n) is 3.88. The van der Waals surface area contributed by atoms with E-state index in [1.165, 1.54) is 12.1 Å². The second-order valence-electron chi connectivity index (χ2n) is 7.28. The number of ether oxygens (including phenoxy) is 2. The van der Waals surface area contributed by atoms with Crippen LogP contribution in [0.4, 0.5) is 4.39 Å². The molecule has 1 aliphatic carbocycles. The number of ketones is 1. The molecule has 0 bridgehead atoms. The van der Waals surface area contributed by atoms with Crippen LogP contribution in [0.3, 0.4) is 0 Å². The topological polar surface area (TPSA) is 35.5 Å². The monoisotopic (exact) mass is 340 g/mol. The van der Waals surface area contributed by atoms with E-state index in [0.717, 1.165) is 16.7 Å². The lowest BCUT2D eigenvalue weighted by Gasteiger charge is -2.21. The van der Waals surface area contributed by atoms with Crippen molar-refractivity contribution < 1.29 is 18.7 Å². The fourth-order valence-corrected chi connectivity index (χ4v) is 3.88. The average Bonchev–Trinajstić information content (AvgIpc) is 2.87. The Bertz CT molecular complexity index is 828. The predicted octanol–water partition coefficient (Wildman–Crippen LogP) is 4.24. The van der Waals surface area contributed by atoms with Gasteiger partial charge in [-0.05, 0) is 55.5 Å². The molecule has 2 atom stereocenters. The molecule has 25 heavy (non-hydrogen) atoms. The first-order valence-electron chi connectivity index (χ1n) is 8.65. The summed E-state index contributed by atoms with van der Waals surface area (Å²) in [5.74, 6) is -1.38. The summed E-state index contributed by atoms with van der Waals surface area (Å²) in [5, 5.41) is 0. The maximum Gasteiger partial charge on any atom is 0.170 e. The number of Topliss-reactive ketones (excluding diaryl/α,β-unsaturated/α-hetero) is 1. The maximum atomic E-state index is 13.8. The lowest BCUT2D eigenvalue weighted by Crippen LogP contribution is -2.24. The normalized spacial score (nSPS) is 24.5. The highest BCUT2D eigenvalue weighted by Crippen LogP contribution is 2.37. The van der Waals surface area contributed by atoms with Crippen molar-refractivity contribution in [1.82, 2.24) is 0 Å². The molecule has 2 aromatic rings. The smallest absolute Gasteiger partial charge is 0.170 e. The minimum Gasteiger partial charge on any atom is -0.348 e. The first kappa shape index (κ1) is 16.4. The Morgan fingerprint density at radius 1 is 1.16 bits per heavy atom. The van der Waals surface area contributed by atoms with Crippen molar-refractivity contribution >= 4 is 5.78 Å². The van der Waals surface area contributed by atoms with E-state index in [0.29, 0.717) is 25.0 Å². The number of carbonyl (C=O) groups is 1. The zero-order valence-electron chi connectivity index (χ0n) is 14.4. The fraction of sp³-hybridized carbons (Fsp3) is 0.381. The molecule has 0 aromatic heterocycles. The lowest BCUT2D eigenvalue weighted by molar-refractivity contribution is -0.139. The quantitative estimate of drug-likeness (QED) is 0.820. The predicted molar refractivity (Wildman–Crippen MR) is 92.2 cm³/mol. The van der Waals surface area contributed by atoms with Crippen molar-refractivity contribution in [3.63, 3.8) is 0 Å². The highest BCUT2D eigenvalue weighted by molar-refractivity contribution is 6.03. The van der Waals surface area contributed by atoms with Crippen molar-refractivity contribution in [3.05, 3.63) is 70.5 Å². The van der Waals surface area contributed by atoms with Gasteiger partial charge < -0.3 is 9.47 Å². The third kappa shape index (κ3) is 3.12. The molecule has 0 spiro atoms. The number of rotatable bonds is 2. The lowest BCUT2D eigenvalue weighted by atomic mass is 9.86. The molecule has 0 amide bonds. The van der Waals surface area contributed by atoms with Crippen LogP contribution in [-0.2, 0) is 15.9 Å². The zero-order chi connectivity index (χ0) is 17.6. The Kier molecular flexibility index (Phi) is 3.97. The molecule has 0 unspecified atom stereocenters. The number of carbonyl (C=O) groups excluding carboxylic acids is 1. The molecule has 1 heterocycles. The van der Waals surface area contributed by atoms with Crippen LogP contribution in [0.15, 0.2) is 42.5 Å². The summed E-state index contributed by atoms with van der Waals surface area (Å²) < 4.78 is 25.3. The zero-order valence-corrected chi connectivity index (χ0v) is 14.4. The number of halogens is 1. The van der Waals surface area contributed by atoms with E-state index in [9.17, 15) is 9.18 Å². The molecule has 0 radical (unpaired) electrons. The summed E-state index contributed by atoms with van der Waals surface area (Å²) in [6, 6.07) is 12.5. The van der Waals surface area contributed by atoms with E-state index in [1.807, 2.05) is 38.1 Å². The van der Waals surface area contributed by atoms with Gasteiger partial charge in [-0.25, -0.2) is 4.39 Å². The third-order valence-electron chi connectivity index (χ3n) is 5.03. The van der Waals surface area contributed by atoms with Crippen LogP contribution in [0.25, 0.3) is 0 Å². The second kappa shape index (κ2) is 6.04. The average molecular weight is 340 g/mol. The third-order valence-corrected chi connectivity index (χ3v) is 5.03. The molecule has 130 valence electrons. The van der Waals surface area contributed by atoms with Gasteiger partial charge in [-0.15, -0.1) is 0 Å². The highest BCUT2D eigenvalue weighted by Gasteiger charge is 2.38. The number of hydrogen-bond donors (Lipinski definition) is 0. The standard InChI is InChI=1S/C21H21FO3/c1-21(2)24-12-16(25-21)11-19-17-6-4-3-5-13(17)9-14-7-8-15(22)10-18(14)20(19)23/h3-8,10,16,19H,9,11-12H2,1-2H3/t16-,19-/m0/s1. The van der Waals surface area contributed by atoms with Gasteiger partial charge in [-0.3, -0.25) is 4.79 Å². The van der Waals surface area contributed by atoms with E-state index in [-0.39, 0.29) is 23.6 Å². The van der Waals surface area contributed by atoms with Gasteiger partial charge in [-0.1, -0.05) is 30.3 Å². The van der Waals surface area contributed by atoms with Crippen LogP contribution in [0.1, 0.15) is 53.2 Å². The van der Waals surface area contributed by atoms with E-state index in [4.69, 9.17) is 9.47 Å². The molecule has 4 rings (SSSR count). The number of fused-ring (bicyclic) bond motifs is 2. The number of hydrogen-bond acceptors (Lipinski definition) is 3. The maximum absolute atomic E-state index is 13.8. The summed E-state index contributed by atoms with van der Waals surface area (Å²) in [5.41, 5.74) is 3.49. The van der Waals surface area contributed by atoms with Gasteiger partial charge in [0.1, 0.15) is 5.82 Å². The van der Waals surface area contributed by atoms with Crippen molar-refractivity contribution in [2.75, 3.05) is 6.61 Å². The first-order valence-corrected chi connectivity index (χ1v) is 8.65. The molecule has 0 N–H and O–H groups in total. The SMILES string of the molecule is CC1(C)OC[C@H](C[C@@H]2C(=O)c3cc(F)ccc3Cc3ccccc32)O1. The Balaban J connectivity index is 1.74. The summed E-state index contributed by atoms with van der Waals surface area (Å²) in [7, 11) is 0. The van der Waals surface area contributed by atoms with Crippen molar-refractivity contribution in [1.29, 1.82) is 0 Å². The van der Waals surface area contributed by atoms with Crippen LogP contribution in [0.5, 0.6) is 0 Å². The van der Waals surface area contributed by atoms with Crippen LogP contribution >= 0.6 is 0 Å². The molecular weight excluding hydrogens is 319 g/mol. The summed E-state index contributed by atoms with van der Waals surface area (Å²) >= 11 is 0. The molecule has 4 heteroatoms. The molecular formula is C21H21FO3. The van der Waals surface area contributed by atoms with Gasteiger partial charge in [-0.2, -0.15) is 0 Å². The van der Waals surface area contributed by atoms with Gasteiger partial charge in [0.05, 0.1) is 18.6 Å². The Morgan fingerprint density at radius 3 is 2.72 bits per heavy atom. The van der Waals surface area contributed by atoms with E-state index in [1.54, 1.807) is 6.07 Å².